The van der Waals surface area contributed by atoms with Crippen LogP contribution in [0.15, 0.2) is 115 Å². The number of benzene rings is 3. The summed E-state index contributed by atoms with van der Waals surface area (Å²) in [7, 11) is 0. The molecule has 0 aliphatic carbocycles. The fourth-order valence-corrected chi connectivity index (χ4v) is 3.85. The minimum atomic E-state index is 0.572. The molecule has 0 aliphatic heterocycles. The highest BCUT2D eigenvalue weighted by Gasteiger charge is 1.99. The van der Waals surface area contributed by atoms with E-state index in [2.05, 4.69) is 20.1 Å². The lowest BCUT2D eigenvalue weighted by molar-refractivity contribution is 0.112. The van der Waals surface area contributed by atoms with Gasteiger partial charge in [0, 0.05) is 52.4 Å². The van der Waals surface area contributed by atoms with Crippen LogP contribution in [-0.2, 0) is 6.54 Å². The number of pyridine rings is 3. The van der Waals surface area contributed by atoms with Crippen molar-refractivity contribution in [1.82, 2.24) is 15.0 Å². The van der Waals surface area contributed by atoms with E-state index in [1.54, 1.807) is 24.7 Å². The Hall–Kier alpha value is -5.01. The maximum absolute atomic E-state index is 10.6. The van der Waals surface area contributed by atoms with Crippen LogP contribution in [0.25, 0.3) is 32.7 Å². The van der Waals surface area contributed by atoms with Crippen LogP contribution in [0.2, 0.25) is 0 Å². The number of carbonyl (C=O) groups is 1. The lowest BCUT2D eigenvalue weighted by Gasteiger charge is -2.01. The van der Waals surface area contributed by atoms with E-state index in [1.807, 2.05) is 84.9 Å². The summed E-state index contributed by atoms with van der Waals surface area (Å²) in [4.78, 5) is 23.1. The van der Waals surface area contributed by atoms with E-state index in [0.717, 1.165) is 50.1 Å². The van der Waals surface area contributed by atoms with E-state index in [9.17, 15) is 4.79 Å². The number of oxime groups is 1. The summed E-state index contributed by atoms with van der Waals surface area (Å²) in [5.74, 6) is 0. The SMILES string of the molecule is NCc1ccnc2ccccc12.O/N=C\c1ccnc2ccccc12.O=Cc1ccnc2ccccc12. The average Bonchev–Trinajstić information content (AvgIpc) is 2.97. The maximum Gasteiger partial charge on any atom is 0.150 e. The second-order valence-corrected chi connectivity index (χ2v) is 7.89. The monoisotopic (exact) mass is 487 g/mol. The molecule has 0 saturated carbocycles. The van der Waals surface area contributed by atoms with Gasteiger partial charge in [-0.05, 0) is 42.0 Å². The van der Waals surface area contributed by atoms with Crippen molar-refractivity contribution in [2.24, 2.45) is 10.9 Å². The molecule has 0 aliphatic rings. The quantitative estimate of drug-likeness (QED) is 0.141. The van der Waals surface area contributed by atoms with Gasteiger partial charge in [-0.3, -0.25) is 19.7 Å². The predicted molar refractivity (Wildman–Crippen MR) is 148 cm³/mol. The minimum Gasteiger partial charge on any atom is -0.411 e. The topological polar surface area (TPSA) is 114 Å². The Bertz CT molecular complexity index is 1650. The van der Waals surface area contributed by atoms with Gasteiger partial charge < -0.3 is 10.9 Å². The van der Waals surface area contributed by atoms with Gasteiger partial charge in [-0.25, -0.2) is 0 Å². The Morgan fingerprint density at radius 3 is 1.65 bits per heavy atom. The van der Waals surface area contributed by atoms with E-state index < -0.39 is 0 Å². The standard InChI is InChI=1S/C10H8N2O.C10H10N2.C10H7NO/c13-12-7-8-5-6-11-10-4-2-1-3-9(8)10;11-7-8-5-6-12-10-4-2-1-3-9(8)10;12-7-8-5-6-11-10-4-2-1-3-9(8)10/h1-7,13H;1-6H,7,11H2;1-7H/b12-7-;;. The summed E-state index contributed by atoms with van der Waals surface area (Å²) in [5.41, 5.74) is 11.1. The van der Waals surface area contributed by atoms with Gasteiger partial charge in [0.25, 0.3) is 0 Å². The van der Waals surface area contributed by atoms with Crippen molar-refractivity contribution < 1.29 is 10.0 Å². The highest BCUT2D eigenvalue weighted by molar-refractivity contribution is 5.98. The molecule has 0 amide bonds. The van der Waals surface area contributed by atoms with Crippen LogP contribution in [0.5, 0.6) is 0 Å². The number of para-hydroxylation sites is 3. The van der Waals surface area contributed by atoms with Gasteiger partial charge in [-0.2, -0.15) is 0 Å². The van der Waals surface area contributed by atoms with E-state index >= 15 is 0 Å². The first kappa shape index (κ1) is 25.1. The number of hydrogen-bond donors (Lipinski definition) is 2. The molecule has 0 unspecified atom stereocenters. The number of fused-ring (bicyclic) bond motifs is 3. The minimum absolute atomic E-state index is 0.572. The van der Waals surface area contributed by atoms with Crippen LogP contribution in [-0.4, -0.2) is 32.7 Å². The van der Waals surface area contributed by atoms with E-state index in [-0.39, 0.29) is 0 Å². The Kier molecular flexibility index (Phi) is 8.56. The lowest BCUT2D eigenvalue weighted by atomic mass is 10.1. The number of carbonyl (C=O) groups excluding carboxylic acids is 1. The first-order valence-corrected chi connectivity index (χ1v) is 11.6. The molecule has 3 aromatic heterocycles. The molecular weight excluding hydrogens is 462 g/mol. The van der Waals surface area contributed by atoms with Crippen molar-refractivity contribution >= 4 is 45.2 Å². The third kappa shape index (κ3) is 6.17. The Morgan fingerprint density at radius 2 is 1.11 bits per heavy atom. The summed E-state index contributed by atoms with van der Waals surface area (Å²) in [5, 5.41) is 14.5. The summed E-state index contributed by atoms with van der Waals surface area (Å²) in [6, 6.07) is 28.8. The van der Waals surface area contributed by atoms with Crippen LogP contribution in [0.1, 0.15) is 21.5 Å². The molecule has 0 spiro atoms. The molecule has 7 nitrogen and oxygen atoms in total. The Labute approximate surface area is 214 Å². The van der Waals surface area contributed by atoms with Gasteiger partial charge >= 0.3 is 0 Å². The van der Waals surface area contributed by atoms with Crippen molar-refractivity contribution in [3.05, 3.63) is 126 Å². The maximum atomic E-state index is 10.6. The summed E-state index contributed by atoms with van der Waals surface area (Å²) in [6.07, 6.45) is 7.39. The third-order valence-electron chi connectivity index (χ3n) is 5.65. The number of nitrogens with two attached hydrogens (primary N) is 1. The Morgan fingerprint density at radius 1 is 0.649 bits per heavy atom. The molecule has 6 rings (SSSR count). The third-order valence-corrected chi connectivity index (χ3v) is 5.65. The number of aromatic nitrogens is 3. The first-order valence-electron chi connectivity index (χ1n) is 11.6. The molecule has 3 heterocycles. The largest absolute Gasteiger partial charge is 0.411 e. The van der Waals surface area contributed by atoms with E-state index in [1.165, 1.54) is 6.21 Å². The van der Waals surface area contributed by atoms with Crippen LogP contribution >= 0.6 is 0 Å². The van der Waals surface area contributed by atoms with Crippen molar-refractivity contribution in [3.8, 4) is 0 Å². The van der Waals surface area contributed by atoms with Crippen LogP contribution in [0, 0.1) is 0 Å². The van der Waals surface area contributed by atoms with Crippen molar-refractivity contribution in [2.75, 3.05) is 0 Å². The highest BCUT2D eigenvalue weighted by atomic mass is 16.4. The van der Waals surface area contributed by atoms with Gasteiger partial charge in [0.1, 0.15) is 0 Å². The molecule has 3 N–H and O–H groups in total. The molecule has 3 aromatic carbocycles. The number of aldehydes is 1. The second-order valence-electron chi connectivity index (χ2n) is 7.89. The molecule has 37 heavy (non-hydrogen) atoms. The average molecular weight is 488 g/mol. The molecule has 7 heteroatoms. The molecule has 0 radical (unpaired) electrons. The van der Waals surface area contributed by atoms with Crippen LogP contribution < -0.4 is 5.73 Å². The van der Waals surface area contributed by atoms with Gasteiger partial charge in [0.05, 0.1) is 22.8 Å². The highest BCUT2D eigenvalue weighted by Crippen LogP contribution is 2.16. The van der Waals surface area contributed by atoms with Crippen LogP contribution in [0.4, 0.5) is 0 Å². The van der Waals surface area contributed by atoms with E-state index in [0.29, 0.717) is 12.1 Å². The molecule has 0 fully saturated rings. The number of nitrogens with zero attached hydrogens (tertiary/aromatic N) is 4. The van der Waals surface area contributed by atoms with Crippen LogP contribution in [0.3, 0.4) is 0 Å². The van der Waals surface area contributed by atoms with E-state index in [4.69, 9.17) is 10.9 Å². The second kappa shape index (κ2) is 12.6. The van der Waals surface area contributed by atoms with Gasteiger partial charge in [0.2, 0.25) is 0 Å². The molecule has 0 saturated heterocycles. The molecule has 0 bridgehead atoms. The molecule has 0 atom stereocenters. The molecule has 6 aromatic rings. The van der Waals surface area contributed by atoms with Gasteiger partial charge in [-0.15, -0.1) is 0 Å². The zero-order valence-corrected chi connectivity index (χ0v) is 20.0. The van der Waals surface area contributed by atoms with Crippen molar-refractivity contribution in [3.63, 3.8) is 0 Å². The van der Waals surface area contributed by atoms with Gasteiger partial charge in [-0.1, -0.05) is 59.8 Å². The van der Waals surface area contributed by atoms with Crippen molar-refractivity contribution in [1.29, 1.82) is 0 Å². The molecular formula is C30H25N5O2. The van der Waals surface area contributed by atoms with Crippen molar-refractivity contribution in [2.45, 2.75) is 6.54 Å². The Balaban J connectivity index is 0.000000130. The summed E-state index contributed by atoms with van der Waals surface area (Å²) in [6.45, 7) is 0.572. The smallest absolute Gasteiger partial charge is 0.150 e. The zero-order chi connectivity index (χ0) is 25.9. The lowest BCUT2D eigenvalue weighted by Crippen LogP contribution is -1.97. The van der Waals surface area contributed by atoms with Gasteiger partial charge in [0.15, 0.2) is 6.29 Å². The number of rotatable bonds is 3. The fourth-order valence-electron chi connectivity index (χ4n) is 3.85. The predicted octanol–water partition coefficient (Wildman–Crippen LogP) is 5.78. The summed E-state index contributed by atoms with van der Waals surface area (Å²) >= 11 is 0. The number of hydrogen-bond acceptors (Lipinski definition) is 7. The zero-order valence-electron chi connectivity index (χ0n) is 20.0. The molecule has 182 valence electrons. The fraction of sp³-hybridized carbons (Fsp3) is 0.0333. The summed E-state index contributed by atoms with van der Waals surface area (Å²) < 4.78 is 0. The first-order chi connectivity index (χ1) is 18.2. The normalized spacial score (nSPS) is 10.5.